The van der Waals surface area contributed by atoms with Gasteiger partial charge in [0.2, 0.25) is 0 Å². The van der Waals surface area contributed by atoms with Crippen molar-refractivity contribution in [2.24, 2.45) is 0 Å². The fraction of sp³-hybridized carbons (Fsp3) is 0.400. The molecule has 2 N–H and O–H groups in total. The lowest BCUT2D eigenvalue weighted by atomic mass is 9.95. The van der Waals surface area contributed by atoms with E-state index < -0.39 is 6.10 Å². The third kappa shape index (κ3) is 4.73. The predicted molar refractivity (Wildman–Crippen MR) is 96.6 cm³/mol. The van der Waals surface area contributed by atoms with Gasteiger partial charge in [-0.2, -0.15) is 0 Å². The highest BCUT2D eigenvalue weighted by Gasteiger charge is 2.22. The maximum absolute atomic E-state index is 10.9. The molecule has 0 aromatic heterocycles. The summed E-state index contributed by atoms with van der Waals surface area (Å²) in [5, 5.41) is 14.4. The molecule has 0 heterocycles. The van der Waals surface area contributed by atoms with Crippen LogP contribution in [0.3, 0.4) is 0 Å². The Balaban J connectivity index is 2.21. The number of hydrogen-bond donors (Lipinski definition) is 2. The first kappa shape index (κ1) is 18.3. The first-order valence-electron chi connectivity index (χ1n) is 8.39. The zero-order valence-corrected chi connectivity index (χ0v) is 14.7. The topological polar surface area (TPSA) is 50.7 Å². The highest BCUT2D eigenvalue weighted by atomic mass is 16.5. The third-order valence-corrected chi connectivity index (χ3v) is 4.14. The zero-order valence-electron chi connectivity index (χ0n) is 14.7. The molecule has 2 atom stereocenters. The van der Waals surface area contributed by atoms with Crippen molar-refractivity contribution in [3.63, 3.8) is 0 Å². The molecule has 0 radical (unpaired) electrons. The normalized spacial score (nSPS) is 13.3. The average Bonchev–Trinajstić information content (AvgIpc) is 2.65. The maximum Gasteiger partial charge on any atom is 0.118 e. The van der Waals surface area contributed by atoms with E-state index in [-0.39, 0.29) is 6.04 Å². The second kappa shape index (κ2) is 9.30. The second-order valence-corrected chi connectivity index (χ2v) is 5.78. The number of unbranched alkanes of at least 4 members (excludes halogenated alkanes) is 1. The Bertz CT molecular complexity index is 595. The minimum Gasteiger partial charge on any atom is -0.497 e. The standard InChI is InChI=1S/C20H27NO3/c1-4-5-14-21-19(15-6-10-17(23-2)11-7-15)20(22)16-8-12-18(24-3)13-9-16/h6-13,19-22H,4-5,14H2,1-3H3. The molecule has 4 nitrogen and oxygen atoms in total. The van der Waals surface area contributed by atoms with Gasteiger partial charge >= 0.3 is 0 Å². The summed E-state index contributed by atoms with van der Waals surface area (Å²) in [5.74, 6) is 1.59. The summed E-state index contributed by atoms with van der Waals surface area (Å²) in [6.45, 7) is 3.02. The highest BCUT2D eigenvalue weighted by Crippen LogP contribution is 2.30. The van der Waals surface area contributed by atoms with Crippen LogP contribution in [-0.4, -0.2) is 25.9 Å². The Hall–Kier alpha value is -2.04. The van der Waals surface area contributed by atoms with Gasteiger partial charge in [-0.25, -0.2) is 0 Å². The predicted octanol–water partition coefficient (Wildman–Crippen LogP) is 3.87. The number of aliphatic hydroxyl groups excluding tert-OH is 1. The van der Waals surface area contributed by atoms with Crippen LogP contribution in [0.25, 0.3) is 0 Å². The summed E-state index contributed by atoms with van der Waals surface area (Å²) in [4.78, 5) is 0. The molecule has 0 spiro atoms. The number of rotatable bonds is 9. The van der Waals surface area contributed by atoms with Gasteiger partial charge in [0.15, 0.2) is 0 Å². The minimum atomic E-state index is -0.638. The number of methoxy groups -OCH3 is 2. The summed E-state index contributed by atoms with van der Waals surface area (Å²) in [5.41, 5.74) is 1.90. The van der Waals surface area contributed by atoms with E-state index >= 15 is 0 Å². The first-order valence-corrected chi connectivity index (χ1v) is 8.39. The summed E-state index contributed by atoms with van der Waals surface area (Å²) in [7, 11) is 3.29. The monoisotopic (exact) mass is 329 g/mol. The zero-order chi connectivity index (χ0) is 17.4. The van der Waals surface area contributed by atoms with Gasteiger partial charge in [0.05, 0.1) is 26.4 Å². The third-order valence-electron chi connectivity index (χ3n) is 4.14. The van der Waals surface area contributed by atoms with Crippen molar-refractivity contribution in [3.05, 3.63) is 59.7 Å². The van der Waals surface area contributed by atoms with E-state index in [4.69, 9.17) is 9.47 Å². The smallest absolute Gasteiger partial charge is 0.118 e. The van der Waals surface area contributed by atoms with Gasteiger partial charge in [0.25, 0.3) is 0 Å². The van der Waals surface area contributed by atoms with Gasteiger partial charge < -0.3 is 19.9 Å². The van der Waals surface area contributed by atoms with Crippen LogP contribution in [0.15, 0.2) is 48.5 Å². The van der Waals surface area contributed by atoms with Crippen LogP contribution in [0.4, 0.5) is 0 Å². The van der Waals surface area contributed by atoms with E-state index in [2.05, 4.69) is 12.2 Å². The molecule has 2 rings (SSSR count). The van der Waals surface area contributed by atoms with Crippen molar-refractivity contribution in [1.82, 2.24) is 5.32 Å². The lowest BCUT2D eigenvalue weighted by molar-refractivity contribution is 0.128. The number of hydrogen-bond acceptors (Lipinski definition) is 4. The van der Waals surface area contributed by atoms with Gasteiger partial charge in [-0.15, -0.1) is 0 Å². The Morgan fingerprint density at radius 3 is 1.83 bits per heavy atom. The molecule has 0 aliphatic heterocycles. The van der Waals surface area contributed by atoms with Crippen molar-refractivity contribution < 1.29 is 14.6 Å². The molecular formula is C20H27NO3. The van der Waals surface area contributed by atoms with Gasteiger partial charge in [-0.1, -0.05) is 37.6 Å². The van der Waals surface area contributed by atoms with Crippen LogP contribution >= 0.6 is 0 Å². The average molecular weight is 329 g/mol. The number of nitrogens with one attached hydrogen (secondary N) is 1. The molecule has 130 valence electrons. The molecule has 0 saturated carbocycles. The van der Waals surface area contributed by atoms with Crippen molar-refractivity contribution in [2.75, 3.05) is 20.8 Å². The van der Waals surface area contributed by atoms with Crippen molar-refractivity contribution in [1.29, 1.82) is 0 Å². The summed E-state index contributed by atoms with van der Waals surface area (Å²) in [6.07, 6.45) is 1.55. The largest absolute Gasteiger partial charge is 0.497 e. The number of aliphatic hydroxyl groups is 1. The van der Waals surface area contributed by atoms with Crippen LogP contribution in [0.5, 0.6) is 11.5 Å². The van der Waals surface area contributed by atoms with E-state index in [1.54, 1.807) is 14.2 Å². The number of ether oxygens (including phenoxy) is 2. The van der Waals surface area contributed by atoms with Crippen molar-refractivity contribution in [3.8, 4) is 11.5 Å². The fourth-order valence-corrected chi connectivity index (χ4v) is 2.65. The molecular weight excluding hydrogens is 302 g/mol. The molecule has 24 heavy (non-hydrogen) atoms. The molecule has 0 aliphatic rings. The van der Waals surface area contributed by atoms with Gasteiger partial charge in [0.1, 0.15) is 11.5 Å². The SMILES string of the molecule is CCCCNC(c1ccc(OC)cc1)C(O)c1ccc(OC)cc1. The molecule has 0 fully saturated rings. The molecule has 0 amide bonds. The van der Waals surface area contributed by atoms with E-state index in [9.17, 15) is 5.11 Å². The Morgan fingerprint density at radius 2 is 1.38 bits per heavy atom. The Labute approximate surface area is 144 Å². The second-order valence-electron chi connectivity index (χ2n) is 5.78. The summed E-state index contributed by atoms with van der Waals surface area (Å²) >= 11 is 0. The Morgan fingerprint density at radius 1 is 0.875 bits per heavy atom. The Kier molecular flexibility index (Phi) is 7.09. The number of benzene rings is 2. The highest BCUT2D eigenvalue weighted by molar-refractivity contribution is 5.33. The van der Waals surface area contributed by atoms with E-state index in [0.717, 1.165) is 42.0 Å². The quantitative estimate of drug-likeness (QED) is 0.686. The molecule has 2 aromatic carbocycles. The molecule has 0 bridgehead atoms. The van der Waals surface area contributed by atoms with E-state index in [0.29, 0.717) is 0 Å². The summed E-state index contributed by atoms with van der Waals surface area (Å²) < 4.78 is 10.4. The van der Waals surface area contributed by atoms with Crippen LogP contribution < -0.4 is 14.8 Å². The molecule has 0 saturated heterocycles. The van der Waals surface area contributed by atoms with Gasteiger partial charge in [-0.05, 0) is 48.4 Å². The molecule has 2 aromatic rings. The van der Waals surface area contributed by atoms with Crippen molar-refractivity contribution in [2.45, 2.75) is 31.9 Å². The van der Waals surface area contributed by atoms with Crippen LogP contribution in [0.1, 0.15) is 43.0 Å². The molecule has 2 unspecified atom stereocenters. The first-order chi connectivity index (χ1) is 11.7. The lowest BCUT2D eigenvalue weighted by Gasteiger charge is -2.25. The van der Waals surface area contributed by atoms with Crippen molar-refractivity contribution >= 4 is 0 Å². The van der Waals surface area contributed by atoms with E-state index in [1.807, 2.05) is 48.5 Å². The molecule has 4 heteroatoms. The van der Waals surface area contributed by atoms with Gasteiger partial charge in [0, 0.05) is 0 Å². The van der Waals surface area contributed by atoms with Gasteiger partial charge in [-0.3, -0.25) is 0 Å². The van der Waals surface area contributed by atoms with Crippen LogP contribution in [-0.2, 0) is 0 Å². The summed E-state index contributed by atoms with van der Waals surface area (Å²) in [6, 6.07) is 15.2. The molecule has 0 aliphatic carbocycles. The van der Waals surface area contributed by atoms with Crippen LogP contribution in [0, 0.1) is 0 Å². The lowest BCUT2D eigenvalue weighted by Crippen LogP contribution is -2.28. The fourth-order valence-electron chi connectivity index (χ4n) is 2.65. The van der Waals surface area contributed by atoms with Crippen LogP contribution in [0.2, 0.25) is 0 Å². The minimum absolute atomic E-state index is 0.171. The maximum atomic E-state index is 10.9. The van der Waals surface area contributed by atoms with E-state index in [1.165, 1.54) is 0 Å².